The van der Waals surface area contributed by atoms with Gasteiger partial charge in [-0.3, -0.25) is 14.6 Å². The predicted molar refractivity (Wildman–Crippen MR) is 131 cm³/mol. The first-order chi connectivity index (χ1) is 16.2. The largest absolute Gasteiger partial charge is 0.480 e. The van der Waals surface area contributed by atoms with E-state index < -0.39 is 34.5 Å². The molecule has 0 bridgehead atoms. The van der Waals surface area contributed by atoms with Crippen molar-refractivity contribution in [3.05, 3.63) is 29.3 Å². The summed E-state index contributed by atoms with van der Waals surface area (Å²) in [5.74, 6) is -1.80. The number of hydrogen-bond donors (Lipinski definition) is 4. The number of benzene rings is 1. The first-order valence-corrected chi connectivity index (χ1v) is 13.3. The van der Waals surface area contributed by atoms with Gasteiger partial charge in [0.15, 0.2) is 5.96 Å². The fraction of sp³-hybridized carbons (Fsp3) is 0.609. The van der Waals surface area contributed by atoms with E-state index in [-0.39, 0.29) is 30.4 Å². The molecule has 1 atom stereocenters. The first kappa shape index (κ1) is 27.6. The third-order valence-electron chi connectivity index (χ3n) is 5.85. The Balaban J connectivity index is 2.30. The van der Waals surface area contributed by atoms with Crippen LogP contribution < -0.4 is 16.2 Å². The summed E-state index contributed by atoms with van der Waals surface area (Å²) in [4.78, 5) is 30.0. The van der Waals surface area contributed by atoms with Gasteiger partial charge in [-0.05, 0) is 62.1 Å². The number of nitrogens with one attached hydrogen (secondary N) is 1. The van der Waals surface area contributed by atoms with Crippen molar-refractivity contribution < 1.29 is 23.1 Å². The highest BCUT2D eigenvalue weighted by atomic mass is 32.2. The number of hydrogen-bond acceptors (Lipinski definition) is 5. The number of unbranched alkanes of at least 4 members (excludes halogenated alkanes) is 2. The van der Waals surface area contributed by atoms with Gasteiger partial charge in [0.05, 0.1) is 4.90 Å². The van der Waals surface area contributed by atoms with Crippen LogP contribution in [0.5, 0.6) is 0 Å². The molecule has 0 spiro atoms. The Hall–Kier alpha value is -2.66. The molecule has 1 aliphatic carbocycles. The average Bonchev–Trinajstić information content (AvgIpc) is 2.79. The van der Waals surface area contributed by atoms with Crippen LogP contribution >= 0.6 is 0 Å². The summed E-state index contributed by atoms with van der Waals surface area (Å²) in [5.41, 5.74) is 12.5. The third-order valence-corrected chi connectivity index (χ3v) is 7.41. The van der Waals surface area contributed by atoms with E-state index >= 15 is 0 Å². The van der Waals surface area contributed by atoms with Crippen LogP contribution in [0, 0.1) is 0 Å². The van der Waals surface area contributed by atoms with Crippen molar-refractivity contribution in [3.63, 3.8) is 0 Å². The Kier molecular flexibility index (Phi) is 10.8. The van der Waals surface area contributed by atoms with E-state index in [0.717, 1.165) is 43.2 Å². The van der Waals surface area contributed by atoms with E-state index in [0.29, 0.717) is 19.3 Å². The van der Waals surface area contributed by atoms with Crippen LogP contribution in [-0.2, 0) is 32.5 Å². The SMILES string of the molecule is CCCCCN(CC(=O)O)C(=O)C(CCCN=C(N)N)NS(=O)(=O)c1cccc2c1CCCC2. The van der Waals surface area contributed by atoms with Crippen molar-refractivity contribution in [2.24, 2.45) is 16.5 Å². The Morgan fingerprint density at radius 2 is 1.91 bits per heavy atom. The molecule has 1 amide bonds. The molecular weight excluding hydrogens is 458 g/mol. The molecule has 0 radical (unpaired) electrons. The fourth-order valence-corrected chi connectivity index (χ4v) is 5.72. The Morgan fingerprint density at radius 3 is 2.59 bits per heavy atom. The number of carbonyl (C=O) groups excluding carboxylic acids is 1. The maximum absolute atomic E-state index is 13.4. The van der Waals surface area contributed by atoms with Crippen molar-refractivity contribution in [2.75, 3.05) is 19.6 Å². The quantitative estimate of drug-likeness (QED) is 0.172. The van der Waals surface area contributed by atoms with E-state index in [2.05, 4.69) is 9.71 Å². The fourth-order valence-electron chi connectivity index (χ4n) is 4.19. The van der Waals surface area contributed by atoms with Gasteiger partial charge in [0.1, 0.15) is 12.6 Å². The molecule has 0 heterocycles. The molecule has 190 valence electrons. The summed E-state index contributed by atoms with van der Waals surface area (Å²) >= 11 is 0. The Bertz CT molecular complexity index is 976. The highest BCUT2D eigenvalue weighted by Crippen LogP contribution is 2.27. The molecule has 11 heteroatoms. The molecule has 1 aromatic carbocycles. The highest BCUT2D eigenvalue weighted by molar-refractivity contribution is 7.89. The van der Waals surface area contributed by atoms with Gasteiger partial charge in [-0.15, -0.1) is 0 Å². The van der Waals surface area contributed by atoms with Crippen LogP contribution in [0.4, 0.5) is 0 Å². The predicted octanol–water partition coefficient (Wildman–Crippen LogP) is 1.37. The normalized spacial score (nSPS) is 14.1. The second-order valence-electron chi connectivity index (χ2n) is 8.58. The van der Waals surface area contributed by atoms with E-state index in [1.54, 1.807) is 12.1 Å². The second kappa shape index (κ2) is 13.3. The van der Waals surface area contributed by atoms with E-state index in [1.807, 2.05) is 13.0 Å². The number of aryl methyl sites for hydroxylation is 1. The zero-order valence-corrected chi connectivity index (χ0v) is 20.6. The molecule has 0 aromatic heterocycles. The number of sulfonamides is 1. The number of guanidine groups is 1. The van der Waals surface area contributed by atoms with Crippen molar-refractivity contribution in [1.29, 1.82) is 0 Å². The lowest BCUT2D eigenvalue weighted by Gasteiger charge is -2.27. The van der Waals surface area contributed by atoms with Crippen molar-refractivity contribution in [3.8, 4) is 0 Å². The van der Waals surface area contributed by atoms with E-state index in [9.17, 15) is 23.1 Å². The van der Waals surface area contributed by atoms with Crippen LogP contribution in [0.3, 0.4) is 0 Å². The minimum atomic E-state index is -4.02. The maximum Gasteiger partial charge on any atom is 0.323 e. The second-order valence-corrected chi connectivity index (χ2v) is 10.3. The van der Waals surface area contributed by atoms with Crippen molar-refractivity contribution >= 4 is 27.9 Å². The monoisotopic (exact) mass is 495 g/mol. The minimum Gasteiger partial charge on any atom is -0.480 e. The molecule has 10 nitrogen and oxygen atoms in total. The average molecular weight is 496 g/mol. The molecule has 1 aliphatic rings. The number of rotatable bonds is 14. The summed E-state index contributed by atoms with van der Waals surface area (Å²) in [6.07, 6.45) is 6.26. The number of aliphatic imine (C=N–C) groups is 1. The number of fused-ring (bicyclic) bond motifs is 1. The van der Waals surface area contributed by atoms with Crippen molar-refractivity contribution in [2.45, 2.75) is 75.6 Å². The van der Waals surface area contributed by atoms with Gasteiger partial charge < -0.3 is 21.5 Å². The number of carbonyl (C=O) groups is 2. The summed E-state index contributed by atoms with van der Waals surface area (Å²) < 4.78 is 29.4. The summed E-state index contributed by atoms with van der Waals surface area (Å²) in [6, 6.07) is 4.09. The summed E-state index contributed by atoms with van der Waals surface area (Å²) in [6.45, 7) is 1.98. The number of carboxylic acids is 1. The van der Waals surface area contributed by atoms with Gasteiger partial charge in [0.25, 0.3) is 0 Å². The van der Waals surface area contributed by atoms with Crippen LogP contribution in [0.1, 0.15) is 63.0 Å². The lowest BCUT2D eigenvalue weighted by molar-refractivity contribution is -0.145. The Labute approximate surface area is 201 Å². The topological polar surface area (TPSA) is 168 Å². The van der Waals surface area contributed by atoms with Gasteiger partial charge in [-0.25, -0.2) is 8.42 Å². The Morgan fingerprint density at radius 1 is 1.18 bits per heavy atom. The molecule has 6 N–H and O–H groups in total. The smallest absolute Gasteiger partial charge is 0.323 e. The molecule has 0 saturated carbocycles. The summed E-state index contributed by atoms with van der Waals surface area (Å²) in [7, 11) is -4.02. The molecule has 2 rings (SSSR count). The van der Waals surface area contributed by atoms with E-state index in [1.165, 1.54) is 4.90 Å². The molecule has 0 fully saturated rings. The zero-order valence-electron chi connectivity index (χ0n) is 19.8. The number of nitrogens with two attached hydrogens (primary N) is 2. The minimum absolute atomic E-state index is 0.0913. The van der Waals surface area contributed by atoms with Gasteiger partial charge in [0.2, 0.25) is 15.9 Å². The van der Waals surface area contributed by atoms with Crippen LogP contribution in [-0.4, -0.2) is 61.9 Å². The molecule has 0 aliphatic heterocycles. The number of carboxylic acid groups (broad SMARTS) is 1. The first-order valence-electron chi connectivity index (χ1n) is 11.8. The van der Waals surface area contributed by atoms with Gasteiger partial charge in [-0.1, -0.05) is 31.9 Å². The summed E-state index contributed by atoms with van der Waals surface area (Å²) in [5, 5.41) is 9.31. The van der Waals surface area contributed by atoms with Crippen molar-refractivity contribution in [1.82, 2.24) is 9.62 Å². The number of nitrogens with zero attached hydrogens (tertiary/aromatic N) is 2. The maximum atomic E-state index is 13.4. The zero-order chi connectivity index (χ0) is 25.1. The van der Waals surface area contributed by atoms with E-state index in [4.69, 9.17) is 11.5 Å². The number of amides is 1. The third kappa shape index (κ3) is 8.28. The molecule has 1 unspecified atom stereocenters. The van der Waals surface area contributed by atoms with Crippen LogP contribution in [0.2, 0.25) is 0 Å². The lowest BCUT2D eigenvalue weighted by Crippen LogP contribution is -2.50. The highest BCUT2D eigenvalue weighted by Gasteiger charge is 2.31. The molecule has 1 aromatic rings. The molecule has 34 heavy (non-hydrogen) atoms. The molecule has 0 saturated heterocycles. The van der Waals surface area contributed by atoms with Crippen LogP contribution in [0.15, 0.2) is 28.1 Å². The number of aliphatic carboxylic acids is 1. The van der Waals surface area contributed by atoms with Gasteiger partial charge in [-0.2, -0.15) is 4.72 Å². The van der Waals surface area contributed by atoms with Gasteiger partial charge in [0, 0.05) is 13.1 Å². The lowest BCUT2D eigenvalue weighted by atomic mass is 9.92. The standard InChI is InChI=1S/C23H37N5O5S/c1-2-3-6-15-28(16-21(29)30)22(31)19(12-8-14-26-23(24)25)27-34(32,33)20-13-7-10-17-9-4-5-11-18(17)20/h7,10,13,19,27H,2-6,8-9,11-12,14-16H2,1H3,(H,29,30)(H4,24,25,26). The molecular formula is C23H37N5O5S. The van der Waals surface area contributed by atoms with Crippen LogP contribution in [0.25, 0.3) is 0 Å². The van der Waals surface area contributed by atoms with Gasteiger partial charge >= 0.3 is 5.97 Å².